The predicted molar refractivity (Wildman–Crippen MR) is 106 cm³/mol. The number of amides is 1. The third kappa shape index (κ3) is 3.69. The number of carbonyl (C=O) groups is 1. The molecular formula is C21H29N5O2. The molecule has 0 spiro atoms. The number of likely N-dealkylation sites (tertiary alicyclic amines) is 2. The lowest BCUT2D eigenvalue weighted by molar-refractivity contribution is -0.138. The Morgan fingerprint density at radius 1 is 1.29 bits per heavy atom. The van der Waals surface area contributed by atoms with Crippen LogP contribution in [0, 0.1) is 13.8 Å². The van der Waals surface area contributed by atoms with Gasteiger partial charge < -0.3 is 9.64 Å². The van der Waals surface area contributed by atoms with Gasteiger partial charge in [-0.3, -0.25) is 19.4 Å². The van der Waals surface area contributed by atoms with Gasteiger partial charge in [-0.2, -0.15) is 5.10 Å². The number of methoxy groups -OCH3 is 1. The summed E-state index contributed by atoms with van der Waals surface area (Å²) < 4.78 is 7.48. The van der Waals surface area contributed by atoms with Crippen molar-refractivity contribution in [2.45, 2.75) is 51.4 Å². The molecule has 2 fully saturated rings. The fourth-order valence-corrected chi connectivity index (χ4v) is 4.54. The van der Waals surface area contributed by atoms with E-state index in [-0.39, 0.29) is 18.1 Å². The van der Waals surface area contributed by atoms with Crippen molar-refractivity contribution in [3.63, 3.8) is 0 Å². The number of nitrogens with zero attached hydrogens (tertiary/aromatic N) is 5. The number of rotatable bonds is 5. The fourth-order valence-electron chi connectivity index (χ4n) is 4.54. The zero-order valence-corrected chi connectivity index (χ0v) is 16.9. The first-order chi connectivity index (χ1) is 13.6. The molecule has 2 saturated heterocycles. The second kappa shape index (κ2) is 8.01. The first-order valence-electron chi connectivity index (χ1n) is 10.0. The number of hydrogen-bond donors (Lipinski definition) is 0. The number of piperidine rings is 1. The molecule has 2 unspecified atom stereocenters. The Morgan fingerprint density at radius 3 is 2.68 bits per heavy atom. The summed E-state index contributed by atoms with van der Waals surface area (Å²) in [6.45, 7) is 6.83. The maximum absolute atomic E-state index is 12.7. The Kier molecular flexibility index (Phi) is 5.46. The van der Waals surface area contributed by atoms with Gasteiger partial charge in [0, 0.05) is 50.9 Å². The van der Waals surface area contributed by atoms with Crippen LogP contribution in [0.3, 0.4) is 0 Å². The van der Waals surface area contributed by atoms with Gasteiger partial charge >= 0.3 is 0 Å². The third-order valence-corrected chi connectivity index (χ3v) is 6.10. The lowest BCUT2D eigenvalue weighted by atomic mass is 9.87. The first-order valence-corrected chi connectivity index (χ1v) is 10.0. The van der Waals surface area contributed by atoms with Crippen LogP contribution >= 0.6 is 0 Å². The van der Waals surface area contributed by atoms with E-state index in [0.717, 1.165) is 43.9 Å². The molecule has 0 aliphatic carbocycles. The van der Waals surface area contributed by atoms with Gasteiger partial charge in [-0.25, -0.2) is 0 Å². The van der Waals surface area contributed by atoms with E-state index >= 15 is 0 Å². The van der Waals surface area contributed by atoms with Crippen LogP contribution in [0.1, 0.15) is 35.8 Å². The van der Waals surface area contributed by atoms with Gasteiger partial charge in [-0.05, 0) is 44.4 Å². The Labute approximate surface area is 166 Å². The largest absolute Gasteiger partial charge is 0.378 e. The van der Waals surface area contributed by atoms with Crippen LogP contribution in [-0.4, -0.2) is 69.4 Å². The number of ether oxygens (including phenoxy) is 1. The smallest absolute Gasteiger partial charge is 0.244 e. The average Bonchev–Trinajstić information content (AvgIpc) is 2.99. The van der Waals surface area contributed by atoms with Crippen molar-refractivity contribution in [1.29, 1.82) is 0 Å². The van der Waals surface area contributed by atoms with E-state index in [1.165, 1.54) is 5.56 Å². The number of aromatic nitrogens is 3. The van der Waals surface area contributed by atoms with Gasteiger partial charge in [0.05, 0.1) is 17.8 Å². The lowest BCUT2D eigenvalue weighted by Gasteiger charge is -2.52. The van der Waals surface area contributed by atoms with Gasteiger partial charge in [0.2, 0.25) is 5.91 Å². The van der Waals surface area contributed by atoms with Crippen molar-refractivity contribution >= 4 is 5.91 Å². The highest BCUT2D eigenvalue weighted by Crippen LogP contribution is 2.39. The molecule has 0 aromatic carbocycles. The van der Waals surface area contributed by atoms with Gasteiger partial charge in [-0.1, -0.05) is 6.07 Å². The van der Waals surface area contributed by atoms with Crippen molar-refractivity contribution in [2.24, 2.45) is 0 Å². The zero-order chi connectivity index (χ0) is 19.7. The van der Waals surface area contributed by atoms with Crippen molar-refractivity contribution < 1.29 is 9.53 Å². The predicted octanol–water partition coefficient (Wildman–Crippen LogP) is 1.96. The summed E-state index contributed by atoms with van der Waals surface area (Å²) in [4.78, 5) is 21.5. The van der Waals surface area contributed by atoms with Crippen LogP contribution < -0.4 is 0 Å². The molecule has 2 aliphatic rings. The molecule has 0 bridgehead atoms. The zero-order valence-electron chi connectivity index (χ0n) is 16.9. The number of aryl methyl sites for hydroxylation is 2. The number of hydrogen-bond acceptors (Lipinski definition) is 5. The minimum atomic E-state index is 0.159. The molecule has 2 atom stereocenters. The van der Waals surface area contributed by atoms with Crippen LogP contribution in [0.25, 0.3) is 0 Å². The summed E-state index contributed by atoms with van der Waals surface area (Å²) >= 11 is 0. The molecule has 0 saturated carbocycles. The molecule has 2 aromatic rings. The van der Waals surface area contributed by atoms with Gasteiger partial charge in [0.1, 0.15) is 6.54 Å². The van der Waals surface area contributed by atoms with E-state index in [0.29, 0.717) is 12.6 Å². The molecule has 150 valence electrons. The summed E-state index contributed by atoms with van der Waals surface area (Å²) in [6.07, 6.45) is 5.96. The van der Waals surface area contributed by atoms with E-state index in [9.17, 15) is 4.79 Å². The fraction of sp³-hybridized carbons (Fsp3) is 0.571. The minimum absolute atomic E-state index is 0.159. The average molecular weight is 383 g/mol. The van der Waals surface area contributed by atoms with E-state index in [1.807, 2.05) is 37.1 Å². The van der Waals surface area contributed by atoms with Gasteiger partial charge in [-0.15, -0.1) is 0 Å². The van der Waals surface area contributed by atoms with Crippen molar-refractivity contribution in [3.05, 3.63) is 47.5 Å². The highest BCUT2D eigenvalue weighted by molar-refractivity contribution is 5.76. The van der Waals surface area contributed by atoms with Crippen molar-refractivity contribution in [1.82, 2.24) is 24.6 Å². The van der Waals surface area contributed by atoms with E-state index in [2.05, 4.69) is 21.0 Å². The highest BCUT2D eigenvalue weighted by atomic mass is 16.5. The molecule has 7 nitrogen and oxygen atoms in total. The SMILES string of the molecule is COC1CN(C2CCN(C(=O)Cn3nc(C)cc3C)CC2)C1c1cccnc1. The van der Waals surface area contributed by atoms with Crippen molar-refractivity contribution in [3.8, 4) is 0 Å². The standard InChI is InChI=1S/C21H29N5O2/c1-15-11-16(2)26(23-15)14-20(27)24-9-6-18(7-10-24)25-13-19(28-3)21(25)17-5-4-8-22-12-17/h4-5,8,11-12,18-19,21H,6-7,9-10,13-14H2,1-3H3. The second-order valence-electron chi connectivity index (χ2n) is 7.90. The van der Waals surface area contributed by atoms with Crippen LogP contribution in [0.4, 0.5) is 0 Å². The van der Waals surface area contributed by atoms with Crippen LogP contribution in [0.15, 0.2) is 30.6 Å². The maximum Gasteiger partial charge on any atom is 0.244 e. The van der Waals surface area contributed by atoms with Crippen LogP contribution in [0.2, 0.25) is 0 Å². The summed E-state index contributed by atoms with van der Waals surface area (Å²) in [5.41, 5.74) is 3.20. The normalized spacial score (nSPS) is 23.6. The summed E-state index contributed by atoms with van der Waals surface area (Å²) in [7, 11) is 1.78. The van der Waals surface area contributed by atoms with E-state index in [4.69, 9.17) is 4.74 Å². The molecule has 2 aliphatic heterocycles. The molecule has 1 amide bonds. The molecule has 7 heteroatoms. The first kappa shape index (κ1) is 19.1. The van der Waals surface area contributed by atoms with Crippen LogP contribution in [-0.2, 0) is 16.1 Å². The quantitative estimate of drug-likeness (QED) is 0.790. The summed E-state index contributed by atoms with van der Waals surface area (Å²) in [5.74, 6) is 0.159. The Morgan fingerprint density at radius 2 is 2.07 bits per heavy atom. The Bertz CT molecular complexity index is 813. The molecule has 4 rings (SSSR count). The Hall–Kier alpha value is -2.25. The van der Waals surface area contributed by atoms with E-state index < -0.39 is 0 Å². The molecule has 0 radical (unpaired) electrons. The van der Waals surface area contributed by atoms with Gasteiger partial charge in [0.15, 0.2) is 0 Å². The molecule has 4 heterocycles. The Balaban J connectivity index is 1.35. The highest BCUT2D eigenvalue weighted by Gasteiger charge is 2.44. The molecular weight excluding hydrogens is 354 g/mol. The third-order valence-electron chi connectivity index (χ3n) is 6.10. The summed E-state index contributed by atoms with van der Waals surface area (Å²) in [6, 6.07) is 6.87. The molecule has 28 heavy (non-hydrogen) atoms. The van der Waals surface area contributed by atoms with Gasteiger partial charge in [0.25, 0.3) is 0 Å². The van der Waals surface area contributed by atoms with Crippen LogP contribution in [0.5, 0.6) is 0 Å². The minimum Gasteiger partial charge on any atom is -0.378 e. The number of carbonyl (C=O) groups excluding carboxylic acids is 1. The lowest BCUT2D eigenvalue weighted by Crippen LogP contribution is -2.60. The monoisotopic (exact) mass is 383 g/mol. The molecule has 0 N–H and O–H groups in total. The maximum atomic E-state index is 12.7. The summed E-state index contributed by atoms with van der Waals surface area (Å²) in [5, 5.41) is 4.41. The molecule has 2 aromatic heterocycles. The van der Waals surface area contributed by atoms with E-state index in [1.54, 1.807) is 18.0 Å². The van der Waals surface area contributed by atoms with Crippen molar-refractivity contribution in [2.75, 3.05) is 26.7 Å². The number of pyridine rings is 1. The second-order valence-corrected chi connectivity index (χ2v) is 7.90. The topological polar surface area (TPSA) is 63.5 Å².